The number of ether oxygens (including phenoxy) is 2. The van der Waals surface area contributed by atoms with Gasteiger partial charge in [-0.3, -0.25) is 14.9 Å². The normalized spacial score (nSPS) is 15.2. The lowest BCUT2D eigenvalue weighted by molar-refractivity contribution is -0.385. The van der Waals surface area contributed by atoms with E-state index in [0.29, 0.717) is 37.9 Å². The first-order valence-corrected chi connectivity index (χ1v) is 8.00. The second kappa shape index (κ2) is 7.96. The van der Waals surface area contributed by atoms with Crippen LogP contribution in [0.1, 0.15) is 30.1 Å². The number of hydrogen-bond donors (Lipinski definition) is 1. The Hall–Kier alpha value is -2.35. The molecule has 0 aromatic heterocycles. The van der Waals surface area contributed by atoms with E-state index in [2.05, 4.69) is 0 Å². The number of carbonyl (C=O) groups is 1. The Morgan fingerprint density at radius 2 is 2.04 bits per heavy atom. The van der Waals surface area contributed by atoms with Crippen LogP contribution >= 0.6 is 0 Å². The monoisotopic (exact) mass is 337 g/mol. The van der Waals surface area contributed by atoms with Crippen molar-refractivity contribution in [3.63, 3.8) is 0 Å². The SMILES string of the molecule is CCOc1cc(C(=O)N2CCC(CN)CC2)c([N+](=O)[O-])cc1OC. The molecule has 1 aromatic carbocycles. The second-order valence-corrected chi connectivity index (χ2v) is 5.68. The predicted octanol–water partition coefficient (Wildman–Crippen LogP) is 1.81. The van der Waals surface area contributed by atoms with Gasteiger partial charge in [-0.1, -0.05) is 0 Å². The van der Waals surface area contributed by atoms with Gasteiger partial charge >= 0.3 is 0 Å². The average Bonchev–Trinajstić information content (AvgIpc) is 2.61. The molecule has 0 unspecified atom stereocenters. The first-order valence-electron chi connectivity index (χ1n) is 8.00. The van der Waals surface area contributed by atoms with Crippen molar-refractivity contribution in [2.75, 3.05) is 33.4 Å². The molecule has 0 bridgehead atoms. The highest BCUT2D eigenvalue weighted by atomic mass is 16.6. The first kappa shape index (κ1) is 18.0. The van der Waals surface area contributed by atoms with Crippen molar-refractivity contribution in [1.82, 2.24) is 4.90 Å². The summed E-state index contributed by atoms with van der Waals surface area (Å²) in [6, 6.07) is 2.64. The Balaban J connectivity index is 2.34. The van der Waals surface area contributed by atoms with Crippen molar-refractivity contribution >= 4 is 11.6 Å². The Morgan fingerprint density at radius 3 is 2.54 bits per heavy atom. The van der Waals surface area contributed by atoms with Crippen LogP contribution in [0, 0.1) is 16.0 Å². The van der Waals surface area contributed by atoms with Crippen LogP contribution in [0.5, 0.6) is 11.5 Å². The van der Waals surface area contributed by atoms with Crippen LogP contribution < -0.4 is 15.2 Å². The molecule has 132 valence electrons. The van der Waals surface area contributed by atoms with Gasteiger partial charge in [-0.2, -0.15) is 0 Å². The van der Waals surface area contributed by atoms with Crippen LogP contribution in [-0.2, 0) is 0 Å². The molecule has 2 N–H and O–H groups in total. The van der Waals surface area contributed by atoms with Gasteiger partial charge in [0.25, 0.3) is 11.6 Å². The molecule has 8 nitrogen and oxygen atoms in total. The number of piperidine rings is 1. The van der Waals surface area contributed by atoms with Gasteiger partial charge in [0.2, 0.25) is 0 Å². The van der Waals surface area contributed by atoms with Gasteiger partial charge in [-0.25, -0.2) is 0 Å². The molecule has 1 aliphatic rings. The van der Waals surface area contributed by atoms with Crippen LogP contribution in [0.25, 0.3) is 0 Å². The number of carbonyl (C=O) groups excluding carboxylic acids is 1. The van der Waals surface area contributed by atoms with Gasteiger partial charge in [-0.15, -0.1) is 0 Å². The summed E-state index contributed by atoms with van der Waals surface area (Å²) in [5, 5.41) is 11.4. The van der Waals surface area contributed by atoms with Gasteiger partial charge in [0.1, 0.15) is 5.56 Å². The lowest BCUT2D eigenvalue weighted by atomic mass is 9.96. The highest BCUT2D eigenvalue weighted by Crippen LogP contribution is 2.35. The van der Waals surface area contributed by atoms with Crippen LogP contribution in [-0.4, -0.2) is 49.1 Å². The van der Waals surface area contributed by atoms with E-state index in [1.165, 1.54) is 19.2 Å². The smallest absolute Gasteiger partial charge is 0.286 e. The third-order valence-electron chi connectivity index (χ3n) is 4.24. The number of nitro groups is 1. The Morgan fingerprint density at radius 1 is 1.38 bits per heavy atom. The number of nitrogens with zero attached hydrogens (tertiary/aromatic N) is 2. The molecule has 2 rings (SSSR count). The number of rotatable bonds is 6. The quantitative estimate of drug-likeness (QED) is 0.626. The number of nitro benzene ring substituents is 1. The molecule has 1 aromatic rings. The van der Waals surface area contributed by atoms with E-state index in [9.17, 15) is 14.9 Å². The molecule has 1 saturated heterocycles. The Labute approximate surface area is 140 Å². The van der Waals surface area contributed by atoms with Gasteiger partial charge in [0.15, 0.2) is 11.5 Å². The maximum Gasteiger partial charge on any atom is 0.286 e. The zero-order valence-corrected chi connectivity index (χ0v) is 14.0. The average molecular weight is 337 g/mol. The molecular formula is C16H23N3O5. The maximum absolute atomic E-state index is 12.8. The molecule has 0 saturated carbocycles. The van der Waals surface area contributed by atoms with Gasteiger partial charge < -0.3 is 20.1 Å². The number of likely N-dealkylation sites (tertiary alicyclic amines) is 1. The number of amides is 1. The zero-order valence-electron chi connectivity index (χ0n) is 14.0. The van der Waals surface area contributed by atoms with E-state index in [1.807, 2.05) is 0 Å². The van der Waals surface area contributed by atoms with Crippen LogP contribution in [0.4, 0.5) is 5.69 Å². The fourth-order valence-electron chi connectivity index (χ4n) is 2.84. The lowest BCUT2D eigenvalue weighted by Crippen LogP contribution is -2.40. The van der Waals surface area contributed by atoms with Gasteiger partial charge in [0, 0.05) is 19.2 Å². The van der Waals surface area contributed by atoms with Crippen LogP contribution in [0.3, 0.4) is 0 Å². The Bertz CT molecular complexity index is 612. The largest absolute Gasteiger partial charge is 0.493 e. The molecule has 0 radical (unpaired) electrons. The standard InChI is InChI=1S/C16H23N3O5/c1-3-24-15-8-12(13(19(21)22)9-14(15)23-2)16(20)18-6-4-11(10-17)5-7-18/h8-9,11H,3-7,10,17H2,1-2H3. The minimum Gasteiger partial charge on any atom is -0.493 e. The van der Waals surface area contributed by atoms with Crippen molar-refractivity contribution in [2.45, 2.75) is 19.8 Å². The molecule has 0 atom stereocenters. The third kappa shape index (κ3) is 3.76. The molecule has 0 aliphatic carbocycles. The van der Waals surface area contributed by atoms with E-state index < -0.39 is 4.92 Å². The van der Waals surface area contributed by atoms with Crippen molar-refractivity contribution in [1.29, 1.82) is 0 Å². The summed E-state index contributed by atoms with van der Waals surface area (Å²) in [5.41, 5.74) is 5.41. The molecule has 0 spiro atoms. The molecule has 1 heterocycles. The topological polar surface area (TPSA) is 108 Å². The number of nitrogens with two attached hydrogens (primary N) is 1. The third-order valence-corrected chi connectivity index (χ3v) is 4.24. The maximum atomic E-state index is 12.8. The summed E-state index contributed by atoms with van der Waals surface area (Å²) < 4.78 is 10.6. The predicted molar refractivity (Wildman–Crippen MR) is 88.5 cm³/mol. The molecule has 1 amide bonds. The highest BCUT2D eigenvalue weighted by molar-refractivity contribution is 5.99. The van der Waals surface area contributed by atoms with E-state index in [0.717, 1.165) is 12.8 Å². The highest BCUT2D eigenvalue weighted by Gasteiger charge is 2.30. The Kier molecular flexibility index (Phi) is 5.97. The first-order chi connectivity index (χ1) is 11.5. The summed E-state index contributed by atoms with van der Waals surface area (Å²) in [5.74, 6) is 0.604. The van der Waals surface area contributed by atoms with Crippen molar-refractivity contribution in [3.8, 4) is 11.5 Å². The van der Waals surface area contributed by atoms with Gasteiger partial charge in [-0.05, 0) is 32.2 Å². The molecule has 24 heavy (non-hydrogen) atoms. The van der Waals surface area contributed by atoms with Crippen molar-refractivity contribution in [3.05, 3.63) is 27.8 Å². The van der Waals surface area contributed by atoms with Crippen molar-refractivity contribution in [2.24, 2.45) is 11.7 Å². The molecular weight excluding hydrogens is 314 g/mol. The molecule has 1 aliphatic heterocycles. The number of benzene rings is 1. The number of methoxy groups -OCH3 is 1. The summed E-state index contributed by atoms with van der Waals surface area (Å²) >= 11 is 0. The summed E-state index contributed by atoms with van der Waals surface area (Å²) in [4.78, 5) is 25.2. The minimum atomic E-state index is -0.571. The van der Waals surface area contributed by atoms with E-state index in [1.54, 1.807) is 11.8 Å². The fourth-order valence-corrected chi connectivity index (χ4v) is 2.84. The molecule has 1 fully saturated rings. The fraction of sp³-hybridized carbons (Fsp3) is 0.562. The lowest BCUT2D eigenvalue weighted by Gasteiger charge is -2.31. The summed E-state index contributed by atoms with van der Waals surface area (Å²) in [7, 11) is 1.40. The van der Waals surface area contributed by atoms with Gasteiger partial charge in [0.05, 0.1) is 24.7 Å². The number of hydrogen-bond acceptors (Lipinski definition) is 6. The second-order valence-electron chi connectivity index (χ2n) is 5.68. The molecule has 8 heteroatoms. The van der Waals surface area contributed by atoms with Crippen molar-refractivity contribution < 1.29 is 19.2 Å². The van der Waals surface area contributed by atoms with Crippen LogP contribution in [0.15, 0.2) is 12.1 Å². The van der Waals surface area contributed by atoms with E-state index in [4.69, 9.17) is 15.2 Å². The van der Waals surface area contributed by atoms with E-state index >= 15 is 0 Å². The summed E-state index contributed by atoms with van der Waals surface area (Å²) in [6.45, 7) is 3.85. The summed E-state index contributed by atoms with van der Waals surface area (Å²) in [6.07, 6.45) is 1.62. The minimum absolute atomic E-state index is 0.0236. The zero-order chi connectivity index (χ0) is 17.7. The van der Waals surface area contributed by atoms with E-state index in [-0.39, 0.29) is 22.9 Å². The van der Waals surface area contributed by atoms with Crippen LogP contribution in [0.2, 0.25) is 0 Å².